The van der Waals surface area contributed by atoms with Crippen LogP contribution >= 0.6 is 11.8 Å². The fourth-order valence-electron chi connectivity index (χ4n) is 3.94. The molecule has 0 saturated carbocycles. The standard InChI is InChI=1S/C25H31NO5S/c1-5-30-24(28)19-6-7-22(26-18(4)27)21(14-19)23-16(2)12-20(13-17(23)3)31-15-25(29)8-10-32-11-9-25/h6-7,12-14,29H,5,8-11,15H2,1-4H3,(H,26,27). The van der Waals surface area contributed by atoms with Gasteiger partial charge in [-0.15, -0.1) is 0 Å². The molecule has 0 atom stereocenters. The number of rotatable bonds is 7. The van der Waals surface area contributed by atoms with Gasteiger partial charge < -0.3 is 19.9 Å². The number of thioether (sulfide) groups is 1. The highest BCUT2D eigenvalue weighted by molar-refractivity contribution is 7.99. The van der Waals surface area contributed by atoms with Crippen LogP contribution in [0, 0.1) is 13.8 Å². The van der Waals surface area contributed by atoms with Crippen molar-refractivity contribution in [3.63, 3.8) is 0 Å². The lowest BCUT2D eigenvalue weighted by atomic mass is 9.92. The molecule has 1 heterocycles. The van der Waals surface area contributed by atoms with Crippen molar-refractivity contribution in [3.8, 4) is 16.9 Å². The molecule has 0 spiro atoms. The second-order valence-electron chi connectivity index (χ2n) is 8.22. The molecule has 1 aliphatic heterocycles. The highest BCUT2D eigenvalue weighted by Gasteiger charge is 2.30. The predicted octanol–water partition coefficient (Wildman–Crippen LogP) is 4.74. The first kappa shape index (κ1) is 24.1. The molecule has 1 saturated heterocycles. The number of amides is 1. The Labute approximate surface area is 193 Å². The van der Waals surface area contributed by atoms with Crippen molar-refractivity contribution >= 4 is 29.3 Å². The van der Waals surface area contributed by atoms with Crippen molar-refractivity contribution in [1.29, 1.82) is 0 Å². The molecule has 0 aromatic heterocycles. The predicted molar refractivity (Wildman–Crippen MR) is 129 cm³/mol. The van der Waals surface area contributed by atoms with Gasteiger partial charge in [-0.2, -0.15) is 11.8 Å². The maximum absolute atomic E-state index is 12.3. The summed E-state index contributed by atoms with van der Waals surface area (Å²) in [5.74, 6) is 1.98. The van der Waals surface area contributed by atoms with Crippen LogP contribution in [0.15, 0.2) is 30.3 Å². The smallest absolute Gasteiger partial charge is 0.338 e. The Kier molecular flexibility index (Phi) is 7.85. The van der Waals surface area contributed by atoms with Crippen LogP contribution in [0.5, 0.6) is 5.75 Å². The van der Waals surface area contributed by atoms with E-state index in [-0.39, 0.29) is 19.1 Å². The topological polar surface area (TPSA) is 84.9 Å². The average molecular weight is 458 g/mol. The van der Waals surface area contributed by atoms with Crippen LogP contribution in [-0.4, -0.2) is 47.3 Å². The Hall–Kier alpha value is -2.51. The van der Waals surface area contributed by atoms with E-state index in [1.165, 1.54) is 6.92 Å². The average Bonchev–Trinajstić information content (AvgIpc) is 2.73. The van der Waals surface area contributed by atoms with Crippen LogP contribution in [0.25, 0.3) is 11.1 Å². The first-order valence-electron chi connectivity index (χ1n) is 10.9. The van der Waals surface area contributed by atoms with Crippen LogP contribution in [-0.2, 0) is 9.53 Å². The number of nitrogens with one attached hydrogen (secondary N) is 1. The molecule has 2 aromatic carbocycles. The summed E-state index contributed by atoms with van der Waals surface area (Å²) < 4.78 is 11.1. The summed E-state index contributed by atoms with van der Waals surface area (Å²) in [7, 11) is 0. The first-order chi connectivity index (χ1) is 15.2. The number of carbonyl (C=O) groups excluding carboxylic acids is 2. The zero-order valence-electron chi connectivity index (χ0n) is 19.1. The van der Waals surface area contributed by atoms with E-state index in [2.05, 4.69) is 5.32 Å². The second kappa shape index (κ2) is 10.4. The Morgan fingerprint density at radius 1 is 1.12 bits per heavy atom. The summed E-state index contributed by atoms with van der Waals surface area (Å²) in [5, 5.41) is 13.6. The van der Waals surface area contributed by atoms with Crippen molar-refractivity contribution in [2.24, 2.45) is 0 Å². The quantitative estimate of drug-likeness (QED) is 0.584. The molecule has 1 aliphatic rings. The molecule has 1 fully saturated rings. The molecule has 0 radical (unpaired) electrons. The van der Waals surface area contributed by atoms with E-state index in [0.29, 0.717) is 17.0 Å². The Morgan fingerprint density at radius 3 is 2.38 bits per heavy atom. The highest BCUT2D eigenvalue weighted by Crippen LogP contribution is 2.37. The van der Waals surface area contributed by atoms with Gasteiger partial charge in [-0.3, -0.25) is 4.79 Å². The van der Waals surface area contributed by atoms with E-state index in [1.807, 2.05) is 37.7 Å². The number of benzene rings is 2. The molecular formula is C25H31NO5S. The summed E-state index contributed by atoms with van der Waals surface area (Å²) in [5.41, 5.74) is 3.82. The van der Waals surface area contributed by atoms with Crippen molar-refractivity contribution in [2.75, 3.05) is 30.0 Å². The first-order valence-corrected chi connectivity index (χ1v) is 12.0. The van der Waals surface area contributed by atoms with Crippen molar-refractivity contribution < 1.29 is 24.2 Å². The molecule has 32 heavy (non-hydrogen) atoms. The monoisotopic (exact) mass is 457 g/mol. The molecule has 0 aliphatic carbocycles. The van der Waals surface area contributed by atoms with Gasteiger partial charge in [0.1, 0.15) is 18.0 Å². The van der Waals surface area contributed by atoms with Gasteiger partial charge in [-0.25, -0.2) is 4.79 Å². The summed E-state index contributed by atoms with van der Waals surface area (Å²) >= 11 is 1.86. The summed E-state index contributed by atoms with van der Waals surface area (Å²) in [6, 6.07) is 8.98. The number of aryl methyl sites for hydroxylation is 2. The number of carbonyl (C=O) groups is 2. The largest absolute Gasteiger partial charge is 0.491 e. The van der Waals surface area contributed by atoms with Crippen LogP contribution in [0.1, 0.15) is 48.2 Å². The molecule has 2 aromatic rings. The third-order valence-corrected chi connectivity index (χ3v) is 6.53. The zero-order valence-corrected chi connectivity index (χ0v) is 19.9. The molecule has 0 unspecified atom stereocenters. The van der Waals surface area contributed by atoms with Gasteiger partial charge in [0.05, 0.1) is 12.2 Å². The van der Waals surface area contributed by atoms with Crippen LogP contribution in [0.3, 0.4) is 0 Å². The third kappa shape index (κ3) is 5.84. The van der Waals surface area contributed by atoms with Crippen molar-refractivity contribution in [3.05, 3.63) is 47.0 Å². The number of hydrogen-bond donors (Lipinski definition) is 2. The van der Waals surface area contributed by atoms with Gasteiger partial charge >= 0.3 is 5.97 Å². The van der Waals surface area contributed by atoms with Crippen molar-refractivity contribution in [2.45, 2.75) is 46.1 Å². The van der Waals surface area contributed by atoms with Crippen LogP contribution in [0.4, 0.5) is 5.69 Å². The normalized spacial score (nSPS) is 15.2. The molecule has 0 bridgehead atoms. The lowest BCUT2D eigenvalue weighted by Gasteiger charge is -2.31. The minimum absolute atomic E-state index is 0.190. The molecular weight excluding hydrogens is 426 g/mol. The number of aliphatic hydroxyl groups is 1. The lowest BCUT2D eigenvalue weighted by Crippen LogP contribution is -2.39. The van der Waals surface area contributed by atoms with Gasteiger partial charge in [0.15, 0.2) is 0 Å². The maximum atomic E-state index is 12.3. The van der Waals surface area contributed by atoms with Crippen LogP contribution in [0.2, 0.25) is 0 Å². The fourth-order valence-corrected chi connectivity index (χ4v) is 5.19. The van der Waals surface area contributed by atoms with Gasteiger partial charge in [-0.05, 0) is 92.1 Å². The van der Waals surface area contributed by atoms with E-state index in [4.69, 9.17) is 9.47 Å². The number of anilines is 1. The summed E-state index contributed by atoms with van der Waals surface area (Å²) in [6.45, 7) is 7.71. The SMILES string of the molecule is CCOC(=O)c1ccc(NC(C)=O)c(-c2c(C)cc(OCC3(O)CCSCC3)cc2C)c1. The minimum atomic E-state index is -0.779. The third-order valence-electron chi connectivity index (χ3n) is 5.55. The van der Waals surface area contributed by atoms with Gasteiger partial charge in [-0.1, -0.05) is 0 Å². The summed E-state index contributed by atoms with van der Waals surface area (Å²) in [4.78, 5) is 24.1. The zero-order chi connectivity index (χ0) is 23.3. The van der Waals surface area contributed by atoms with Gasteiger partial charge in [0, 0.05) is 18.2 Å². The fraction of sp³-hybridized carbons (Fsp3) is 0.440. The van der Waals surface area contributed by atoms with E-state index in [0.717, 1.165) is 46.6 Å². The number of ether oxygens (including phenoxy) is 2. The molecule has 2 N–H and O–H groups in total. The Balaban J connectivity index is 1.94. The minimum Gasteiger partial charge on any atom is -0.491 e. The van der Waals surface area contributed by atoms with Crippen molar-refractivity contribution in [1.82, 2.24) is 0 Å². The van der Waals surface area contributed by atoms with E-state index >= 15 is 0 Å². The lowest BCUT2D eigenvalue weighted by molar-refractivity contribution is -0.114. The molecule has 6 nitrogen and oxygen atoms in total. The van der Waals surface area contributed by atoms with Gasteiger partial charge in [0.2, 0.25) is 5.91 Å². The van der Waals surface area contributed by atoms with E-state index < -0.39 is 11.6 Å². The Morgan fingerprint density at radius 2 is 1.78 bits per heavy atom. The number of esters is 1. The molecule has 172 valence electrons. The summed E-state index contributed by atoms with van der Waals surface area (Å²) in [6.07, 6.45) is 1.46. The highest BCUT2D eigenvalue weighted by atomic mass is 32.2. The molecule has 7 heteroatoms. The van der Waals surface area contributed by atoms with Crippen LogP contribution < -0.4 is 10.1 Å². The Bertz CT molecular complexity index is 975. The maximum Gasteiger partial charge on any atom is 0.338 e. The number of hydrogen-bond acceptors (Lipinski definition) is 6. The molecule has 3 rings (SSSR count). The van der Waals surface area contributed by atoms with E-state index in [1.54, 1.807) is 25.1 Å². The second-order valence-corrected chi connectivity index (χ2v) is 9.44. The molecule has 1 amide bonds. The van der Waals surface area contributed by atoms with Gasteiger partial charge in [0.25, 0.3) is 0 Å². The van der Waals surface area contributed by atoms with E-state index in [9.17, 15) is 14.7 Å².